The zero-order valence-corrected chi connectivity index (χ0v) is 17.1. The number of nitrogens with zero attached hydrogens (tertiary/aromatic N) is 1. The number of nitrogens with one attached hydrogen (secondary N) is 1. The van der Waals surface area contributed by atoms with E-state index in [1.54, 1.807) is 41.3 Å². The summed E-state index contributed by atoms with van der Waals surface area (Å²) in [4.78, 5) is 14.5. The molecule has 29 heavy (non-hydrogen) atoms. The molecule has 154 valence electrons. The second-order valence-electron chi connectivity index (χ2n) is 6.87. The summed E-state index contributed by atoms with van der Waals surface area (Å²) in [5, 5.41) is 4.15. The number of amides is 2. The van der Waals surface area contributed by atoms with E-state index in [9.17, 15) is 13.2 Å². The first kappa shape index (κ1) is 21.1. The van der Waals surface area contributed by atoms with Gasteiger partial charge in [0.1, 0.15) is 0 Å². The molecule has 0 aromatic heterocycles. The molecule has 2 amide bonds. The van der Waals surface area contributed by atoms with Gasteiger partial charge in [0.15, 0.2) is 9.84 Å². The minimum absolute atomic E-state index is 0.201. The van der Waals surface area contributed by atoms with Gasteiger partial charge in [-0.05, 0) is 30.5 Å². The van der Waals surface area contributed by atoms with Crippen LogP contribution in [0.1, 0.15) is 12.0 Å². The summed E-state index contributed by atoms with van der Waals surface area (Å²) < 4.78 is 30.4. The molecule has 6 nitrogen and oxygen atoms in total. The number of benzene rings is 2. The normalized spacial score (nSPS) is 15.9. The van der Waals surface area contributed by atoms with E-state index < -0.39 is 15.9 Å². The lowest BCUT2D eigenvalue weighted by Gasteiger charge is -2.28. The maximum Gasteiger partial charge on any atom is 0.318 e. The molecule has 1 saturated heterocycles. The molecule has 1 aliphatic heterocycles. The lowest BCUT2D eigenvalue weighted by molar-refractivity contribution is 0.0528. The van der Waals surface area contributed by atoms with Crippen LogP contribution in [-0.4, -0.2) is 51.7 Å². The molecule has 1 N–H and O–H groups in total. The van der Waals surface area contributed by atoms with Crippen LogP contribution in [0.4, 0.5) is 4.79 Å². The lowest BCUT2D eigenvalue weighted by Crippen LogP contribution is -2.49. The smallest absolute Gasteiger partial charge is 0.318 e. The zero-order valence-electron chi connectivity index (χ0n) is 16.2. The van der Waals surface area contributed by atoms with Gasteiger partial charge in [0.25, 0.3) is 0 Å². The number of morpholine rings is 1. The van der Waals surface area contributed by atoms with Gasteiger partial charge in [-0.25, -0.2) is 13.2 Å². The van der Waals surface area contributed by atoms with Crippen molar-refractivity contribution in [1.82, 2.24) is 10.2 Å². The lowest BCUT2D eigenvalue weighted by atomic mass is 10.1. The third kappa shape index (κ3) is 6.44. The zero-order chi connectivity index (χ0) is 20.5. The Morgan fingerprint density at radius 1 is 1.03 bits per heavy atom. The molecule has 0 saturated carbocycles. The fourth-order valence-electron chi connectivity index (χ4n) is 3.09. The molecule has 2 aromatic carbocycles. The molecular weight excluding hydrogens is 388 g/mol. The Hall–Kier alpha value is -2.64. The van der Waals surface area contributed by atoms with E-state index in [1.807, 2.05) is 30.3 Å². The molecule has 0 bridgehead atoms. The highest BCUT2D eigenvalue weighted by Gasteiger charge is 2.20. The van der Waals surface area contributed by atoms with Crippen LogP contribution in [0.3, 0.4) is 0 Å². The maximum absolute atomic E-state index is 12.6. The predicted octanol–water partition coefficient (Wildman–Crippen LogP) is 3.02. The molecule has 7 heteroatoms. The van der Waals surface area contributed by atoms with Crippen LogP contribution in [0.2, 0.25) is 0 Å². The molecule has 3 rings (SSSR count). The first-order valence-corrected chi connectivity index (χ1v) is 11.2. The van der Waals surface area contributed by atoms with Crippen molar-refractivity contribution in [2.24, 2.45) is 0 Å². The van der Waals surface area contributed by atoms with Gasteiger partial charge in [-0.15, -0.1) is 0 Å². The van der Waals surface area contributed by atoms with Gasteiger partial charge in [0.05, 0.1) is 24.2 Å². The van der Waals surface area contributed by atoms with Crippen LogP contribution in [0.15, 0.2) is 77.0 Å². The largest absolute Gasteiger partial charge is 0.378 e. The van der Waals surface area contributed by atoms with E-state index in [4.69, 9.17) is 4.74 Å². The highest BCUT2D eigenvalue weighted by Crippen LogP contribution is 2.13. The van der Waals surface area contributed by atoms with Crippen LogP contribution in [0, 0.1) is 0 Å². The molecule has 0 radical (unpaired) electrons. The summed E-state index contributed by atoms with van der Waals surface area (Å²) >= 11 is 0. The SMILES string of the molecule is O=C(N[C@H](C=CS(=O)(=O)c1ccccc1)CCc1ccccc1)N1CCOCC1. The number of carbonyl (C=O) groups is 1. The average Bonchev–Trinajstić information content (AvgIpc) is 2.77. The summed E-state index contributed by atoms with van der Waals surface area (Å²) in [6.45, 7) is 2.09. The Balaban J connectivity index is 1.71. The van der Waals surface area contributed by atoms with E-state index >= 15 is 0 Å². The molecule has 1 aliphatic rings. The van der Waals surface area contributed by atoms with E-state index in [0.29, 0.717) is 32.7 Å². The van der Waals surface area contributed by atoms with Gasteiger partial charge in [0, 0.05) is 18.5 Å². The highest BCUT2D eigenvalue weighted by atomic mass is 32.2. The molecule has 1 heterocycles. The maximum atomic E-state index is 12.6. The number of rotatable bonds is 7. The van der Waals surface area contributed by atoms with Crippen LogP contribution in [0.25, 0.3) is 0 Å². The van der Waals surface area contributed by atoms with E-state index in [2.05, 4.69) is 5.32 Å². The highest BCUT2D eigenvalue weighted by molar-refractivity contribution is 7.94. The number of hydrogen-bond acceptors (Lipinski definition) is 4. The summed E-state index contributed by atoms with van der Waals surface area (Å²) in [5.41, 5.74) is 1.14. The molecule has 1 fully saturated rings. The molecule has 0 spiro atoms. The number of sulfone groups is 1. The molecule has 1 atom stereocenters. The van der Waals surface area contributed by atoms with Crippen molar-refractivity contribution in [2.75, 3.05) is 26.3 Å². The Bertz CT molecular complexity index is 908. The number of urea groups is 1. The van der Waals surface area contributed by atoms with Gasteiger partial charge in [-0.2, -0.15) is 0 Å². The Morgan fingerprint density at radius 2 is 1.66 bits per heavy atom. The van der Waals surface area contributed by atoms with Crippen molar-refractivity contribution in [3.63, 3.8) is 0 Å². The first-order valence-electron chi connectivity index (χ1n) is 9.70. The third-order valence-electron chi connectivity index (χ3n) is 4.76. The van der Waals surface area contributed by atoms with Crippen molar-refractivity contribution in [3.8, 4) is 0 Å². The first-order chi connectivity index (χ1) is 14.0. The van der Waals surface area contributed by atoms with Crippen molar-refractivity contribution < 1.29 is 17.9 Å². The second kappa shape index (κ2) is 10.2. The topological polar surface area (TPSA) is 75.7 Å². The fraction of sp³-hybridized carbons (Fsp3) is 0.318. The minimum atomic E-state index is -3.56. The summed E-state index contributed by atoms with van der Waals surface area (Å²) in [5.74, 6) is 0. The van der Waals surface area contributed by atoms with Gasteiger partial charge in [-0.1, -0.05) is 54.6 Å². The number of ether oxygens (including phenoxy) is 1. The molecule has 0 aliphatic carbocycles. The van der Waals surface area contributed by atoms with Crippen molar-refractivity contribution in [2.45, 2.75) is 23.8 Å². The van der Waals surface area contributed by atoms with Gasteiger partial charge >= 0.3 is 6.03 Å². The monoisotopic (exact) mass is 414 g/mol. The summed E-state index contributed by atoms with van der Waals surface area (Å²) in [6.07, 6.45) is 2.90. The second-order valence-corrected chi connectivity index (χ2v) is 8.70. The Morgan fingerprint density at radius 3 is 2.31 bits per heavy atom. The number of aryl methyl sites for hydroxylation is 1. The van der Waals surface area contributed by atoms with E-state index in [-0.39, 0.29) is 10.9 Å². The predicted molar refractivity (Wildman–Crippen MR) is 112 cm³/mol. The van der Waals surface area contributed by atoms with Crippen LogP contribution >= 0.6 is 0 Å². The van der Waals surface area contributed by atoms with Gasteiger partial charge in [0.2, 0.25) is 0 Å². The van der Waals surface area contributed by atoms with Crippen molar-refractivity contribution >= 4 is 15.9 Å². The third-order valence-corrected chi connectivity index (χ3v) is 6.20. The molecular formula is C22H26N2O4S. The minimum Gasteiger partial charge on any atom is -0.378 e. The Labute approximate surface area is 172 Å². The van der Waals surface area contributed by atoms with E-state index in [0.717, 1.165) is 12.0 Å². The number of carbonyl (C=O) groups excluding carboxylic acids is 1. The van der Waals surface area contributed by atoms with Crippen molar-refractivity contribution in [1.29, 1.82) is 0 Å². The quantitative estimate of drug-likeness (QED) is 0.756. The van der Waals surface area contributed by atoms with Crippen LogP contribution in [0.5, 0.6) is 0 Å². The fourth-order valence-corrected chi connectivity index (χ4v) is 4.18. The van der Waals surface area contributed by atoms with Crippen molar-refractivity contribution in [3.05, 3.63) is 77.7 Å². The van der Waals surface area contributed by atoms with Gasteiger partial charge < -0.3 is 15.0 Å². The van der Waals surface area contributed by atoms with E-state index in [1.165, 1.54) is 5.41 Å². The molecule has 2 aromatic rings. The Kier molecular flexibility index (Phi) is 7.43. The summed E-state index contributed by atoms with van der Waals surface area (Å²) in [7, 11) is -3.56. The standard InChI is InChI=1S/C22H26N2O4S/c25-22(24-14-16-28-17-15-24)23-20(12-11-19-7-3-1-4-8-19)13-18-29(26,27)21-9-5-2-6-10-21/h1-10,13,18,20H,11-12,14-17H2,(H,23,25)/t20-/m0/s1. The molecule has 0 unspecified atom stereocenters. The van der Waals surface area contributed by atoms with Crippen LogP contribution < -0.4 is 5.32 Å². The average molecular weight is 415 g/mol. The van der Waals surface area contributed by atoms with Gasteiger partial charge in [-0.3, -0.25) is 0 Å². The van der Waals surface area contributed by atoms with Crippen LogP contribution in [-0.2, 0) is 21.0 Å². The number of hydrogen-bond donors (Lipinski definition) is 1. The summed E-state index contributed by atoms with van der Waals surface area (Å²) in [6, 6.07) is 17.6.